The first kappa shape index (κ1) is 12.2. The number of hydrogen-bond acceptors (Lipinski definition) is 3. The van der Waals surface area contributed by atoms with E-state index in [4.69, 9.17) is 11.2 Å². The van der Waals surface area contributed by atoms with Crippen LogP contribution < -0.4 is 0 Å². The summed E-state index contributed by atoms with van der Waals surface area (Å²) in [6.07, 6.45) is 2.07. The lowest BCUT2D eigenvalue weighted by atomic mass is 10.6. The minimum Gasteiger partial charge on any atom is -0.283 e. The molecule has 0 spiro atoms. The Hall–Kier alpha value is 1.22. The van der Waals surface area contributed by atoms with Gasteiger partial charge in [0, 0.05) is 11.5 Å². The first-order chi connectivity index (χ1) is 5.12. The van der Waals surface area contributed by atoms with Gasteiger partial charge in [-0.1, -0.05) is 36.6 Å². The molecule has 0 aromatic rings. The van der Waals surface area contributed by atoms with E-state index in [1.54, 1.807) is 0 Å². The Morgan fingerprint density at radius 1 is 1.18 bits per heavy atom. The summed E-state index contributed by atoms with van der Waals surface area (Å²) in [5, 5.41) is 0. The molecular formula is C6H14ClOPS2. The minimum atomic E-state index is -2.42. The van der Waals surface area contributed by atoms with Gasteiger partial charge in [-0.05, 0) is 24.1 Å². The maximum absolute atomic E-state index is 11.4. The van der Waals surface area contributed by atoms with Crippen LogP contribution in [0.25, 0.3) is 0 Å². The molecule has 0 unspecified atom stereocenters. The second-order valence-electron chi connectivity index (χ2n) is 2.10. The molecule has 11 heavy (non-hydrogen) atoms. The molecule has 0 aliphatic rings. The first-order valence-corrected chi connectivity index (χ1v) is 9.50. The zero-order chi connectivity index (χ0) is 8.74. The summed E-state index contributed by atoms with van der Waals surface area (Å²) in [7, 11) is 0. The van der Waals surface area contributed by atoms with E-state index in [-0.39, 0.29) is 0 Å². The van der Waals surface area contributed by atoms with E-state index in [0.29, 0.717) is 0 Å². The van der Waals surface area contributed by atoms with Gasteiger partial charge in [-0.2, -0.15) is 0 Å². The molecule has 0 saturated heterocycles. The van der Waals surface area contributed by atoms with Gasteiger partial charge < -0.3 is 0 Å². The molecule has 0 aliphatic carbocycles. The Kier molecular flexibility index (Phi) is 7.45. The van der Waals surface area contributed by atoms with Gasteiger partial charge in [-0.15, -0.1) is 0 Å². The summed E-state index contributed by atoms with van der Waals surface area (Å²) in [6, 6.07) is 0. The molecule has 0 atom stereocenters. The van der Waals surface area contributed by atoms with E-state index in [2.05, 4.69) is 13.8 Å². The van der Waals surface area contributed by atoms with Gasteiger partial charge in [0.05, 0.1) is 0 Å². The summed E-state index contributed by atoms with van der Waals surface area (Å²) in [5.41, 5.74) is 0. The van der Waals surface area contributed by atoms with Crippen molar-refractivity contribution in [3.05, 3.63) is 0 Å². The third-order valence-corrected chi connectivity index (χ3v) is 9.30. The topological polar surface area (TPSA) is 17.1 Å². The fourth-order valence-corrected chi connectivity index (χ4v) is 7.20. The second kappa shape index (κ2) is 6.71. The lowest BCUT2D eigenvalue weighted by Gasteiger charge is -2.06. The van der Waals surface area contributed by atoms with Crippen LogP contribution in [0.3, 0.4) is 0 Å². The molecule has 0 fully saturated rings. The van der Waals surface area contributed by atoms with Gasteiger partial charge in [0.2, 0.25) is 0 Å². The van der Waals surface area contributed by atoms with Crippen LogP contribution in [-0.2, 0) is 4.57 Å². The lowest BCUT2D eigenvalue weighted by molar-refractivity contribution is 0.601. The van der Waals surface area contributed by atoms with Crippen LogP contribution in [0.1, 0.15) is 26.7 Å². The van der Waals surface area contributed by atoms with Gasteiger partial charge in [-0.25, -0.2) is 0 Å². The van der Waals surface area contributed by atoms with Crippen LogP contribution in [0.5, 0.6) is 0 Å². The molecule has 0 bridgehead atoms. The molecule has 0 N–H and O–H groups in total. The lowest BCUT2D eigenvalue weighted by Crippen LogP contribution is -1.72. The van der Waals surface area contributed by atoms with E-state index in [0.717, 1.165) is 24.3 Å². The van der Waals surface area contributed by atoms with E-state index >= 15 is 0 Å². The molecular weight excluding hydrogens is 219 g/mol. The smallest absolute Gasteiger partial charge is 0.275 e. The number of halogens is 1. The maximum atomic E-state index is 11.4. The van der Waals surface area contributed by atoms with Crippen LogP contribution in [-0.4, -0.2) is 11.5 Å². The molecule has 0 saturated carbocycles. The summed E-state index contributed by atoms with van der Waals surface area (Å²) in [5.74, 6) is 1.80. The van der Waals surface area contributed by atoms with Crippen LogP contribution in [0, 0.1) is 0 Å². The highest BCUT2D eigenvalue weighted by molar-refractivity contribution is 8.96. The molecule has 0 amide bonds. The molecule has 68 valence electrons. The average molecular weight is 233 g/mol. The Morgan fingerprint density at radius 2 is 1.55 bits per heavy atom. The quantitative estimate of drug-likeness (QED) is 0.622. The van der Waals surface area contributed by atoms with E-state index < -0.39 is 4.90 Å². The van der Waals surface area contributed by atoms with E-state index in [9.17, 15) is 4.57 Å². The highest BCUT2D eigenvalue weighted by Gasteiger charge is 2.17. The van der Waals surface area contributed by atoms with Crippen molar-refractivity contribution < 1.29 is 4.57 Å². The van der Waals surface area contributed by atoms with Gasteiger partial charge >= 0.3 is 0 Å². The zero-order valence-corrected chi connectivity index (χ0v) is 10.2. The molecule has 0 aromatic carbocycles. The highest BCUT2D eigenvalue weighted by Crippen LogP contribution is 2.73. The molecule has 0 radical (unpaired) electrons. The third-order valence-electron chi connectivity index (χ3n) is 0.899. The van der Waals surface area contributed by atoms with Crippen molar-refractivity contribution in [1.82, 2.24) is 0 Å². The van der Waals surface area contributed by atoms with Crippen molar-refractivity contribution in [2.75, 3.05) is 11.5 Å². The average Bonchev–Trinajstić information content (AvgIpc) is 1.97. The Bertz CT molecular complexity index is 131. The fourth-order valence-electron chi connectivity index (χ4n) is 0.438. The molecule has 1 nitrogen and oxygen atoms in total. The Labute approximate surface area is 81.7 Å². The van der Waals surface area contributed by atoms with Gasteiger partial charge in [0.15, 0.2) is 0 Å². The molecule has 0 aliphatic heterocycles. The van der Waals surface area contributed by atoms with E-state index in [1.165, 1.54) is 22.8 Å². The largest absolute Gasteiger partial charge is 0.283 e. The summed E-state index contributed by atoms with van der Waals surface area (Å²) in [6.45, 7) is 4.13. The summed E-state index contributed by atoms with van der Waals surface area (Å²) in [4.78, 5) is -2.42. The summed E-state index contributed by atoms with van der Waals surface area (Å²) >= 11 is 8.58. The van der Waals surface area contributed by atoms with Crippen molar-refractivity contribution in [2.45, 2.75) is 26.7 Å². The predicted octanol–water partition coefficient (Wildman–Crippen LogP) is 4.62. The monoisotopic (exact) mass is 232 g/mol. The Morgan fingerprint density at radius 3 is 1.82 bits per heavy atom. The van der Waals surface area contributed by atoms with E-state index in [1.807, 2.05) is 0 Å². The molecule has 5 heteroatoms. The first-order valence-electron chi connectivity index (χ1n) is 3.71. The molecule has 0 aromatic heterocycles. The van der Waals surface area contributed by atoms with Gasteiger partial charge in [0.1, 0.15) is 0 Å². The maximum Gasteiger partial charge on any atom is 0.275 e. The Balaban J connectivity index is 3.53. The SMILES string of the molecule is CCCSP(=O)(Cl)SCCC. The van der Waals surface area contributed by atoms with Crippen LogP contribution in [0.15, 0.2) is 0 Å². The van der Waals surface area contributed by atoms with Gasteiger partial charge in [-0.3, -0.25) is 4.57 Å². The van der Waals surface area contributed by atoms with Crippen LogP contribution in [0.4, 0.5) is 0 Å². The van der Waals surface area contributed by atoms with Crippen molar-refractivity contribution in [3.63, 3.8) is 0 Å². The van der Waals surface area contributed by atoms with Crippen molar-refractivity contribution in [1.29, 1.82) is 0 Å². The molecule has 0 heterocycles. The highest BCUT2D eigenvalue weighted by atomic mass is 35.7. The fraction of sp³-hybridized carbons (Fsp3) is 1.00. The standard InChI is InChI=1S/C6H14ClOPS2/c1-3-5-10-9(7,8)11-6-4-2/h3-6H2,1-2H3. The van der Waals surface area contributed by atoms with Crippen LogP contribution in [0.2, 0.25) is 0 Å². The predicted molar refractivity (Wildman–Crippen MR) is 59.0 cm³/mol. The van der Waals surface area contributed by atoms with Crippen molar-refractivity contribution >= 4 is 38.9 Å². The normalized spacial score (nSPS) is 11.9. The summed E-state index contributed by atoms with van der Waals surface area (Å²) < 4.78 is 11.4. The van der Waals surface area contributed by atoms with Crippen molar-refractivity contribution in [3.8, 4) is 0 Å². The van der Waals surface area contributed by atoms with Gasteiger partial charge in [0.25, 0.3) is 4.90 Å². The zero-order valence-electron chi connectivity index (χ0n) is 6.88. The van der Waals surface area contributed by atoms with Crippen LogP contribution >= 0.6 is 38.9 Å². The number of hydrogen-bond donors (Lipinski definition) is 0. The number of rotatable bonds is 6. The third kappa shape index (κ3) is 7.58. The van der Waals surface area contributed by atoms with Crippen molar-refractivity contribution in [2.24, 2.45) is 0 Å². The molecule has 0 rings (SSSR count). The minimum absolute atomic E-state index is 0.900. The second-order valence-corrected chi connectivity index (χ2v) is 12.3.